The van der Waals surface area contributed by atoms with Crippen molar-refractivity contribution in [3.05, 3.63) is 54.6 Å². The van der Waals surface area contributed by atoms with Crippen molar-refractivity contribution >= 4 is 32.7 Å². The lowest BCUT2D eigenvalue weighted by Crippen LogP contribution is -2.47. The number of fused-ring (bicyclic) bond motifs is 2. The van der Waals surface area contributed by atoms with E-state index in [1.165, 1.54) is 12.1 Å². The minimum Gasteiger partial charge on any atom is -0.486 e. The molecule has 2 heterocycles. The summed E-state index contributed by atoms with van der Waals surface area (Å²) in [6.45, 7) is 4.30. The van der Waals surface area contributed by atoms with Gasteiger partial charge in [-0.15, -0.1) is 0 Å². The van der Waals surface area contributed by atoms with Gasteiger partial charge < -0.3 is 14.8 Å². The summed E-state index contributed by atoms with van der Waals surface area (Å²) in [5, 5.41) is 3.66. The topological polar surface area (TPSA) is 107 Å². The quantitative estimate of drug-likeness (QED) is 0.609. The molecule has 1 aromatic heterocycles. The maximum absolute atomic E-state index is 13.0. The van der Waals surface area contributed by atoms with E-state index < -0.39 is 22.0 Å². The Balaban J connectivity index is 1.54. The Morgan fingerprint density at radius 3 is 2.52 bits per heavy atom. The lowest BCUT2D eigenvalue weighted by Gasteiger charge is -2.22. The zero-order valence-electron chi connectivity index (χ0n) is 17.2. The van der Waals surface area contributed by atoms with Gasteiger partial charge in [0.25, 0.3) is 0 Å². The highest BCUT2D eigenvalue weighted by molar-refractivity contribution is 7.89. The number of ether oxygens (including phenoxy) is 2. The molecule has 1 atom stereocenters. The maximum Gasteiger partial charge on any atom is 0.243 e. The molecule has 8 nitrogen and oxygen atoms in total. The molecule has 1 aliphatic heterocycles. The van der Waals surface area contributed by atoms with Gasteiger partial charge in [0.1, 0.15) is 25.1 Å². The van der Waals surface area contributed by atoms with E-state index in [-0.39, 0.29) is 10.8 Å². The predicted molar refractivity (Wildman–Crippen MR) is 117 cm³/mol. The van der Waals surface area contributed by atoms with Crippen LogP contribution in [0.3, 0.4) is 0 Å². The average Bonchev–Trinajstić information content (AvgIpc) is 2.77. The summed E-state index contributed by atoms with van der Waals surface area (Å²) in [6.07, 6.45) is 0. The normalized spacial score (nSPS) is 14.4. The third kappa shape index (κ3) is 4.62. The van der Waals surface area contributed by atoms with Crippen LogP contribution in [0.15, 0.2) is 59.5 Å². The molecule has 0 bridgehead atoms. The van der Waals surface area contributed by atoms with Gasteiger partial charge in [0.2, 0.25) is 15.9 Å². The fourth-order valence-electron chi connectivity index (χ4n) is 3.26. The van der Waals surface area contributed by atoms with Crippen LogP contribution in [-0.2, 0) is 14.8 Å². The Labute approximate surface area is 180 Å². The standard InChI is InChI=1S/C22H23N3O5S/c1-14(2)21(22(26)24-20-10-7-15-5-3-4-6-17(15)23-20)25-31(27,28)16-8-9-18-19(13-16)30-12-11-29-18/h3-10,13-14,21,25H,11-12H2,1-2H3,(H,23,24,26). The average molecular weight is 442 g/mol. The number of amides is 1. The molecule has 3 aromatic rings. The van der Waals surface area contributed by atoms with Crippen molar-refractivity contribution in [3.63, 3.8) is 0 Å². The Hall–Kier alpha value is -3.17. The Morgan fingerprint density at radius 1 is 1.00 bits per heavy atom. The molecule has 0 spiro atoms. The first kappa shape index (κ1) is 21.1. The van der Waals surface area contributed by atoms with Crippen LogP contribution < -0.4 is 19.5 Å². The zero-order valence-corrected chi connectivity index (χ0v) is 18.0. The predicted octanol–water partition coefficient (Wildman–Crippen LogP) is 2.95. The summed E-state index contributed by atoms with van der Waals surface area (Å²) in [4.78, 5) is 17.3. The van der Waals surface area contributed by atoms with Gasteiger partial charge in [0.15, 0.2) is 11.5 Å². The molecule has 0 saturated heterocycles. The van der Waals surface area contributed by atoms with Crippen LogP contribution in [0.1, 0.15) is 13.8 Å². The number of carbonyl (C=O) groups is 1. The molecule has 2 aromatic carbocycles. The van der Waals surface area contributed by atoms with Crippen LogP contribution in [0.2, 0.25) is 0 Å². The molecule has 31 heavy (non-hydrogen) atoms. The molecule has 2 N–H and O–H groups in total. The number of sulfonamides is 1. The van der Waals surface area contributed by atoms with Gasteiger partial charge in [0, 0.05) is 11.5 Å². The lowest BCUT2D eigenvalue weighted by atomic mass is 10.1. The SMILES string of the molecule is CC(C)C(NS(=O)(=O)c1ccc2c(c1)OCCO2)C(=O)Nc1ccc2ccccc2n1. The van der Waals surface area contributed by atoms with Gasteiger partial charge in [0.05, 0.1) is 10.4 Å². The molecular formula is C22H23N3O5S. The lowest BCUT2D eigenvalue weighted by molar-refractivity contribution is -0.118. The summed E-state index contributed by atoms with van der Waals surface area (Å²) in [5.41, 5.74) is 0.734. The maximum atomic E-state index is 13.0. The van der Waals surface area contributed by atoms with E-state index in [0.717, 1.165) is 10.9 Å². The highest BCUT2D eigenvalue weighted by Crippen LogP contribution is 2.32. The first-order valence-electron chi connectivity index (χ1n) is 9.92. The van der Waals surface area contributed by atoms with Gasteiger partial charge in [-0.2, -0.15) is 4.72 Å². The number of carbonyl (C=O) groups excluding carboxylic acids is 1. The molecule has 0 saturated carbocycles. The van der Waals surface area contributed by atoms with Crippen LogP contribution in [0.4, 0.5) is 5.82 Å². The van der Waals surface area contributed by atoms with Gasteiger partial charge in [-0.05, 0) is 36.2 Å². The summed E-state index contributed by atoms with van der Waals surface area (Å²) in [6, 6.07) is 14.4. The highest BCUT2D eigenvalue weighted by Gasteiger charge is 2.29. The zero-order chi connectivity index (χ0) is 22.0. The fourth-order valence-corrected chi connectivity index (χ4v) is 4.62. The van der Waals surface area contributed by atoms with E-state index in [4.69, 9.17) is 9.47 Å². The van der Waals surface area contributed by atoms with Gasteiger partial charge >= 0.3 is 0 Å². The number of rotatable bonds is 6. The van der Waals surface area contributed by atoms with E-state index in [1.807, 2.05) is 30.3 Å². The van der Waals surface area contributed by atoms with Crippen LogP contribution >= 0.6 is 0 Å². The number of hydrogen-bond donors (Lipinski definition) is 2. The third-order valence-electron chi connectivity index (χ3n) is 4.90. The van der Waals surface area contributed by atoms with E-state index in [2.05, 4.69) is 15.0 Å². The number of nitrogens with zero attached hydrogens (tertiary/aromatic N) is 1. The van der Waals surface area contributed by atoms with Crippen molar-refractivity contribution in [2.45, 2.75) is 24.8 Å². The van der Waals surface area contributed by atoms with Gasteiger partial charge in [-0.1, -0.05) is 32.0 Å². The highest BCUT2D eigenvalue weighted by atomic mass is 32.2. The van der Waals surface area contributed by atoms with Crippen molar-refractivity contribution < 1.29 is 22.7 Å². The van der Waals surface area contributed by atoms with E-state index in [9.17, 15) is 13.2 Å². The van der Waals surface area contributed by atoms with Crippen molar-refractivity contribution in [2.75, 3.05) is 18.5 Å². The van der Waals surface area contributed by atoms with Crippen molar-refractivity contribution in [3.8, 4) is 11.5 Å². The minimum absolute atomic E-state index is 0.000898. The Bertz CT molecular complexity index is 1230. The third-order valence-corrected chi connectivity index (χ3v) is 6.34. The molecule has 0 aliphatic carbocycles. The molecule has 1 unspecified atom stereocenters. The van der Waals surface area contributed by atoms with Gasteiger partial charge in [-0.25, -0.2) is 13.4 Å². The summed E-state index contributed by atoms with van der Waals surface area (Å²) in [5.74, 6) is 0.421. The second-order valence-corrected chi connectivity index (χ2v) is 9.24. The molecule has 1 amide bonds. The number of hydrogen-bond acceptors (Lipinski definition) is 6. The summed E-state index contributed by atoms with van der Waals surface area (Å²) in [7, 11) is -3.98. The smallest absolute Gasteiger partial charge is 0.243 e. The number of para-hydroxylation sites is 1. The minimum atomic E-state index is -3.98. The molecule has 9 heteroatoms. The van der Waals surface area contributed by atoms with Gasteiger partial charge in [-0.3, -0.25) is 4.79 Å². The molecular weight excluding hydrogens is 418 g/mol. The fraction of sp³-hybridized carbons (Fsp3) is 0.273. The van der Waals surface area contributed by atoms with Crippen molar-refractivity contribution in [2.24, 2.45) is 5.92 Å². The van der Waals surface area contributed by atoms with Crippen molar-refractivity contribution in [1.29, 1.82) is 0 Å². The van der Waals surface area contributed by atoms with Crippen LogP contribution in [-0.4, -0.2) is 38.6 Å². The van der Waals surface area contributed by atoms with Crippen LogP contribution in [0, 0.1) is 5.92 Å². The number of benzene rings is 2. The van der Waals surface area contributed by atoms with E-state index >= 15 is 0 Å². The van der Waals surface area contributed by atoms with Crippen LogP contribution in [0.5, 0.6) is 11.5 Å². The number of nitrogens with one attached hydrogen (secondary N) is 2. The molecule has 0 fully saturated rings. The number of aromatic nitrogens is 1. The first-order valence-corrected chi connectivity index (χ1v) is 11.4. The molecule has 4 rings (SSSR count). The Kier molecular flexibility index (Phi) is 5.79. The van der Waals surface area contributed by atoms with E-state index in [1.54, 1.807) is 26.0 Å². The monoisotopic (exact) mass is 441 g/mol. The van der Waals surface area contributed by atoms with Crippen LogP contribution in [0.25, 0.3) is 10.9 Å². The van der Waals surface area contributed by atoms with Crippen molar-refractivity contribution in [1.82, 2.24) is 9.71 Å². The molecule has 0 radical (unpaired) electrons. The summed E-state index contributed by atoms with van der Waals surface area (Å²) < 4.78 is 39.3. The molecule has 162 valence electrons. The first-order chi connectivity index (χ1) is 14.8. The molecule has 1 aliphatic rings. The van der Waals surface area contributed by atoms with E-state index in [0.29, 0.717) is 30.5 Å². The number of anilines is 1. The summed E-state index contributed by atoms with van der Waals surface area (Å²) >= 11 is 0. The second-order valence-electron chi connectivity index (χ2n) is 7.53. The largest absolute Gasteiger partial charge is 0.486 e. The Morgan fingerprint density at radius 2 is 1.74 bits per heavy atom. The number of pyridine rings is 1. The second kappa shape index (κ2) is 8.52.